The van der Waals surface area contributed by atoms with Crippen molar-refractivity contribution in [3.8, 4) is 6.07 Å². The van der Waals surface area contributed by atoms with E-state index in [1.807, 2.05) is 24.4 Å². The summed E-state index contributed by atoms with van der Waals surface area (Å²) in [6, 6.07) is 9.39. The highest BCUT2D eigenvalue weighted by Gasteiger charge is 2.15. The van der Waals surface area contributed by atoms with Crippen LogP contribution in [-0.4, -0.2) is 5.78 Å². The summed E-state index contributed by atoms with van der Waals surface area (Å²) >= 11 is 1.31. The molecule has 0 N–H and O–H groups in total. The van der Waals surface area contributed by atoms with Gasteiger partial charge in [-0.15, -0.1) is 11.3 Å². The van der Waals surface area contributed by atoms with Crippen molar-refractivity contribution in [3.05, 3.63) is 63.1 Å². The van der Waals surface area contributed by atoms with Crippen molar-refractivity contribution in [2.24, 2.45) is 0 Å². The van der Waals surface area contributed by atoms with Gasteiger partial charge in [-0.25, -0.2) is 4.39 Å². The molecule has 1 aromatic heterocycles. The van der Waals surface area contributed by atoms with Crippen molar-refractivity contribution in [3.63, 3.8) is 0 Å². The number of nitrogens with zero attached hydrogens (tertiary/aromatic N) is 1. The highest BCUT2D eigenvalue weighted by atomic mass is 32.1. The Morgan fingerprint density at radius 2 is 2.00 bits per heavy atom. The quantitative estimate of drug-likeness (QED) is 0.481. The molecule has 2 aromatic rings. The number of hydrogen-bond acceptors (Lipinski definition) is 3. The summed E-state index contributed by atoms with van der Waals surface area (Å²) in [7, 11) is 0. The molecule has 19 heavy (non-hydrogen) atoms. The average molecular weight is 271 g/mol. The summed E-state index contributed by atoms with van der Waals surface area (Å²) < 4.78 is 12.8. The molecule has 0 atom stereocenters. The fourth-order valence-corrected chi connectivity index (χ4v) is 2.48. The Bertz CT molecular complexity index is 677. The minimum Gasteiger partial charge on any atom is -0.287 e. The van der Waals surface area contributed by atoms with E-state index in [1.54, 1.807) is 0 Å². The molecule has 0 radical (unpaired) electrons. The number of aryl methyl sites for hydroxylation is 1. The van der Waals surface area contributed by atoms with Crippen LogP contribution in [0.5, 0.6) is 0 Å². The Balaban J connectivity index is 2.36. The van der Waals surface area contributed by atoms with Gasteiger partial charge in [-0.2, -0.15) is 5.26 Å². The van der Waals surface area contributed by atoms with Gasteiger partial charge in [0.25, 0.3) is 0 Å². The van der Waals surface area contributed by atoms with E-state index in [-0.39, 0.29) is 17.2 Å². The summed E-state index contributed by atoms with van der Waals surface area (Å²) in [6.07, 6.45) is 1.47. The van der Waals surface area contributed by atoms with Gasteiger partial charge in [-0.3, -0.25) is 4.79 Å². The predicted octanol–water partition coefficient (Wildman–Crippen LogP) is 3.99. The van der Waals surface area contributed by atoms with Crippen LogP contribution in [-0.2, 0) is 0 Å². The number of carbonyl (C=O) groups excluding carboxylic acids is 1. The molecule has 0 amide bonds. The topological polar surface area (TPSA) is 40.9 Å². The second-order valence-corrected chi connectivity index (χ2v) is 4.90. The summed E-state index contributed by atoms with van der Waals surface area (Å²) in [5.41, 5.74) is 1.54. The number of nitriles is 1. The van der Waals surface area contributed by atoms with Gasteiger partial charge in [0.05, 0.1) is 4.88 Å². The van der Waals surface area contributed by atoms with Gasteiger partial charge in [0, 0.05) is 0 Å². The van der Waals surface area contributed by atoms with E-state index in [1.165, 1.54) is 41.7 Å². The number of ketones is 1. The molecule has 1 aromatic carbocycles. The van der Waals surface area contributed by atoms with E-state index < -0.39 is 0 Å². The normalized spacial score (nSPS) is 11.1. The maximum Gasteiger partial charge on any atom is 0.213 e. The first-order valence-electron chi connectivity index (χ1n) is 5.58. The maximum absolute atomic E-state index is 12.8. The highest BCUT2D eigenvalue weighted by molar-refractivity contribution is 7.12. The smallest absolute Gasteiger partial charge is 0.213 e. The van der Waals surface area contributed by atoms with Crippen LogP contribution in [0.1, 0.15) is 20.8 Å². The predicted molar refractivity (Wildman–Crippen MR) is 73.4 cm³/mol. The number of allylic oxidation sites excluding steroid dienone is 1. The van der Waals surface area contributed by atoms with E-state index in [9.17, 15) is 9.18 Å². The van der Waals surface area contributed by atoms with Crippen LogP contribution in [0, 0.1) is 24.1 Å². The van der Waals surface area contributed by atoms with Crippen LogP contribution in [0.2, 0.25) is 0 Å². The molecule has 0 saturated carbocycles. The van der Waals surface area contributed by atoms with E-state index in [2.05, 4.69) is 0 Å². The Morgan fingerprint density at radius 1 is 1.32 bits per heavy atom. The minimum atomic E-state index is -0.351. The van der Waals surface area contributed by atoms with Crippen molar-refractivity contribution in [2.75, 3.05) is 0 Å². The molecule has 0 unspecified atom stereocenters. The first kappa shape index (κ1) is 13.2. The number of Topliss-reactive ketones (excluding diaryl/α,β-unsaturated/α-hetero) is 1. The van der Waals surface area contributed by atoms with Gasteiger partial charge in [0.1, 0.15) is 17.5 Å². The number of halogens is 1. The molecule has 0 aliphatic rings. The van der Waals surface area contributed by atoms with Gasteiger partial charge in [0.2, 0.25) is 5.78 Å². The maximum atomic E-state index is 12.8. The summed E-state index contributed by atoms with van der Waals surface area (Å²) in [5, 5.41) is 10.9. The molecule has 94 valence electrons. The van der Waals surface area contributed by atoms with Crippen molar-refractivity contribution in [2.45, 2.75) is 6.92 Å². The lowest BCUT2D eigenvalue weighted by molar-refractivity contribution is 0.104. The molecule has 0 aliphatic carbocycles. The lowest BCUT2D eigenvalue weighted by Gasteiger charge is -1.99. The Hall–Kier alpha value is -2.25. The van der Waals surface area contributed by atoms with Crippen LogP contribution in [0.15, 0.2) is 41.3 Å². The van der Waals surface area contributed by atoms with Crippen molar-refractivity contribution in [1.29, 1.82) is 5.26 Å². The second-order valence-electron chi connectivity index (χ2n) is 3.98. The zero-order valence-electron chi connectivity index (χ0n) is 10.2. The Kier molecular flexibility index (Phi) is 3.88. The fraction of sp³-hybridized carbons (Fsp3) is 0.0667. The molecular formula is C15H10FNOS. The number of carbonyl (C=O) groups is 1. The van der Waals surface area contributed by atoms with Crippen LogP contribution in [0.3, 0.4) is 0 Å². The van der Waals surface area contributed by atoms with E-state index in [0.29, 0.717) is 10.4 Å². The van der Waals surface area contributed by atoms with Crippen LogP contribution < -0.4 is 0 Å². The first-order chi connectivity index (χ1) is 9.11. The lowest BCUT2D eigenvalue weighted by Crippen LogP contribution is -2.01. The minimum absolute atomic E-state index is 0.0529. The van der Waals surface area contributed by atoms with Crippen molar-refractivity contribution < 1.29 is 9.18 Å². The monoisotopic (exact) mass is 271 g/mol. The van der Waals surface area contributed by atoms with E-state index in [0.717, 1.165) is 5.56 Å². The molecule has 0 fully saturated rings. The van der Waals surface area contributed by atoms with Gasteiger partial charge >= 0.3 is 0 Å². The Labute approximate surface area is 114 Å². The molecule has 2 nitrogen and oxygen atoms in total. The van der Waals surface area contributed by atoms with Gasteiger partial charge in [0.15, 0.2) is 0 Å². The number of thiophene rings is 1. The van der Waals surface area contributed by atoms with Gasteiger partial charge in [-0.1, -0.05) is 12.1 Å². The largest absolute Gasteiger partial charge is 0.287 e. The van der Waals surface area contributed by atoms with Crippen LogP contribution in [0.4, 0.5) is 4.39 Å². The molecule has 4 heteroatoms. The number of rotatable bonds is 3. The molecule has 0 bridgehead atoms. The second kappa shape index (κ2) is 5.59. The number of benzene rings is 1. The summed E-state index contributed by atoms with van der Waals surface area (Å²) in [6.45, 7) is 1.83. The average Bonchev–Trinajstić information content (AvgIpc) is 2.83. The lowest BCUT2D eigenvalue weighted by atomic mass is 10.1. The standard InChI is InChI=1S/C15H10FNOS/c1-10-6-7-19-15(10)14(18)12(9-17)8-11-2-4-13(16)5-3-11/h2-8H,1H3/b12-8+. The molecule has 0 saturated heterocycles. The molecular weight excluding hydrogens is 261 g/mol. The number of hydrogen-bond donors (Lipinski definition) is 0. The SMILES string of the molecule is Cc1ccsc1C(=O)/C(C#N)=C/c1ccc(F)cc1. The van der Waals surface area contributed by atoms with Crippen LogP contribution in [0.25, 0.3) is 6.08 Å². The third-order valence-electron chi connectivity index (χ3n) is 2.61. The van der Waals surface area contributed by atoms with Gasteiger partial charge < -0.3 is 0 Å². The Morgan fingerprint density at radius 3 is 2.53 bits per heavy atom. The molecule has 0 aliphatic heterocycles. The fourth-order valence-electron chi connectivity index (χ4n) is 1.60. The zero-order chi connectivity index (χ0) is 13.8. The van der Waals surface area contributed by atoms with E-state index in [4.69, 9.17) is 5.26 Å². The molecule has 2 rings (SSSR count). The summed E-state index contributed by atoms with van der Waals surface area (Å²) in [5.74, 6) is -0.643. The molecule has 0 spiro atoms. The van der Waals surface area contributed by atoms with Crippen molar-refractivity contribution >= 4 is 23.2 Å². The molecule has 1 heterocycles. The third-order valence-corrected chi connectivity index (χ3v) is 3.63. The third kappa shape index (κ3) is 2.95. The first-order valence-corrected chi connectivity index (χ1v) is 6.46. The van der Waals surface area contributed by atoms with E-state index >= 15 is 0 Å². The van der Waals surface area contributed by atoms with Crippen LogP contribution >= 0.6 is 11.3 Å². The highest BCUT2D eigenvalue weighted by Crippen LogP contribution is 2.20. The van der Waals surface area contributed by atoms with Gasteiger partial charge in [-0.05, 0) is 47.7 Å². The zero-order valence-corrected chi connectivity index (χ0v) is 11.0. The van der Waals surface area contributed by atoms with Crippen molar-refractivity contribution in [1.82, 2.24) is 0 Å². The summed E-state index contributed by atoms with van der Waals surface area (Å²) in [4.78, 5) is 12.7.